The highest BCUT2D eigenvalue weighted by Gasteiger charge is 2.03. The summed E-state index contributed by atoms with van der Waals surface area (Å²) in [6.45, 7) is 2.06. The topological polar surface area (TPSA) is 66.4 Å². The molecule has 1 rings (SSSR count). The number of carboxylic acid groups (broad SMARTS) is 1. The van der Waals surface area contributed by atoms with Crippen LogP contribution in [0.25, 0.3) is 0 Å². The Labute approximate surface area is 124 Å². The molecule has 1 amide bonds. The van der Waals surface area contributed by atoms with Crippen LogP contribution >= 0.6 is 11.8 Å². The van der Waals surface area contributed by atoms with Gasteiger partial charge in [-0.1, -0.05) is 25.5 Å². The predicted octanol–water partition coefficient (Wildman–Crippen LogP) is 3.52. The first-order valence-corrected chi connectivity index (χ1v) is 7.95. The van der Waals surface area contributed by atoms with Gasteiger partial charge in [-0.05, 0) is 24.1 Å². The number of benzene rings is 1. The number of carbonyl (C=O) groups excluding carboxylic acids is 1. The molecule has 0 aliphatic carbocycles. The fourth-order valence-corrected chi connectivity index (χ4v) is 2.53. The third kappa shape index (κ3) is 7.19. The molecule has 0 aliphatic rings. The highest BCUT2D eigenvalue weighted by Crippen LogP contribution is 2.17. The van der Waals surface area contributed by atoms with Crippen molar-refractivity contribution in [1.82, 2.24) is 0 Å². The van der Waals surface area contributed by atoms with Gasteiger partial charge in [0.05, 0.1) is 6.42 Å². The van der Waals surface area contributed by atoms with E-state index in [-0.39, 0.29) is 12.3 Å². The van der Waals surface area contributed by atoms with Crippen molar-refractivity contribution >= 4 is 29.3 Å². The van der Waals surface area contributed by atoms with Crippen LogP contribution in [0.15, 0.2) is 24.3 Å². The van der Waals surface area contributed by atoms with Gasteiger partial charge in [-0.15, -0.1) is 0 Å². The third-order valence-electron chi connectivity index (χ3n) is 2.70. The second-order valence-electron chi connectivity index (χ2n) is 4.55. The summed E-state index contributed by atoms with van der Waals surface area (Å²) in [6.07, 6.45) is 2.64. The molecule has 1 aromatic rings. The van der Waals surface area contributed by atoms with Crippen molar-refractivity contribution in [2.45, 2.75) is 38.4 Å². The van der Waals surface area contributed by atoms with Gasteiger partial charge in [0.25, 0.3) is 0 Å². The molecule has 5 heteroatoms. The zero-order chi connectivity index (χ0) is 14.8. The van der Waals surface area contributed by atoms with Crippen LogP contribution in [0.2, 0.25) is 0 Å². The molecule has 0 saturated carbocycles. The first-order chi connectivity index (χ1) is 9.61. The average Bonchev–Trinajstić information content (AvgIpc) is 2.41. The fourth-order valence-electron chi connectivity index (χ4n) is 1.65. The summed E-state index contributed by atoms with van der Waals surface area (Å²) in [6, 6.07) is 7.70. The second kappa shape index (κ2) is 9.42. The lowest BCUT2D eigenvalue weighted by Crippen LogP contribution is -2.10. The van der Waals surface area contributed by atoms with E-state index in [1.54, 1.807) is 11.8 Å². The number of thioether (sulfide) groups is 1. The molecule has 20 heavy (non-hydrogen) atoms. The highest BCUT2D eigenvalue weighted by molar-refractivity contribution is 7.98. The first kappa shape index (κ1) is 16.6. The van der Waals surface area contributed by atoms with E-state index in [1.807, 2.05) is 24.3 Å². The first-order valence-electron chi connectivity index (χ1n) is 6.80. The number of aliphatic carboxylic acids is 1. The summed E-state index contributed by atoms with van der Waals surface area (Å²) in [7, 11) is 0. The van der Waals surface area contributed by atoms with Crippen molar-refractivity contribution < 1.29 is 14.7 Å². The number of rotatable bonds is 9. The number of unbranched alkanes of at least 4 members (excludes halogenated alkanes) is 1. The molecule has 0 aliphatic heterocycles. The molecule has 110 valence electrons. The van der Waals surface area contributed by atoms with Crippen LogP contribution in [0.5, 0.6) is 0 Å². The maximum atomic E-state index is 11.6. The SMILES string of the molecule is CCCCC(=O)Nc1cccc(CSCCC(=O)O)c1. The number of amides is 1. The Morgan fingerprint density at radius 1 is 1.30 bits per heavy atom. The lowest BCUT2D eigenvalue weighted by molar-refractivity contribution is -0.136. The van der Waals surface area contributed by atoms with E-state index in [0.717, 1.165) is 29.8 Å². The van der Waals surface area contributed by atoms with E-state index in [4.69, 9.17) is 5.11 Å². The van der Waals surface area contributed by atoms with Crippen molar-refractivity contribution in [2.75, 3.05) is 11.1 Å². The molecule has 0 aromatic heterocycles. The van der Waals surface area contributed by atoms with Crippen LogP contribution < -0.4 is 5.32 Å². The molecule has 0 radical (unpaired) electrons. The van der Waals surface area contributed by atoms with Crippen LogP contribution in [0.1, 0.15) is 38.2 Å². The van der Waals surface area contributed by atoms with E-state index >= 15 is 0 Å². The van der Waals surface area contributed by atoms with E-state index in [1.165, 1.54) is 0 Å². The number of anilines is 1. The molecule has 4 nitrogen and oxygen atoms in total. The Morgan fingerprint density at radius 3 is 2.80 bits per heavy atom. The van der Waals surface area contributed by atoms with Crippen molar-refractivity contribution in [3.8, 4) is 0 Å². The van der Waals surface area contributed by atoms with E-state index in [2.05, 4.69) is 12.2 Å². The minimum atomic E-state index is -0.769. The Hall–Kier alpha value is -1.49. The number of carboxylic acids is 1. The standard InChI is InChI=1S/C15H21NO3S/c1-2-3-7-14(17)16-13-6-4-5-12(10-13)11-20-9-8-15(18)19/h4-6,10H,2-3,7-9,11H2,1H3,(H,16,17)(H,18,19). The quantitative estimate of drug-likeness (QED) is 0.684. The number of hydrogen-bond donors (Lipinski definition) is 2. The zero-order valence-electron chi connectivity index (χ0n) is 11.7. The lowest BCUT2D eigenvalue weighted by Gasteiger charge is -2.07. The molecule has 0 saturated heterocycles. The molecule has 1 aromatic carbocycles. The van der Waals surface area contributed by atoms with Crippen molar-refractivity contribution in [2.24, 2.45) is 0 Å². The molecule has 0 unspecified atom stereocenters. The number of nitrogens with one attached hydrogen (secondary N) is 1. The average molecular weight is 295 g/mol. The van der Waals surface area contributed by atoms with E-state index in [9.17, 15) is 9.59 Å². The maximum absolute atomic E-state index is 11.6. The third-order valence-corrected chi connectivity index (χ3v) is 3.73. The number of hydrogen-bond acceptors (Lipinski definition) is 3. The van der Waals surface area contributed by atoms with Gasteiger partial charge >= 0.3 is 5.97 Å². The van der Waals surface area contributed by atoms with E-state index in [0.29, 0.717) is 12.2 Å². The van der Waals surface area contributed by atoms with Gasteiger partial charge < -0.3 is 10.4 Å². The fraction of sp³-hybridized carbons (Fsp3) is 0.467. The normalized spacial score (nSPS) is 10.2. The molecule has 0 bridgehead atoms. The van der Waals surface area contributed by atoms with Gasteiger partial charge in [-0.25, -0.2) is 0 Å². The minimum Gasteiger partial charge on any atom is -0.481 e. The monoisotopic (exact) mass is 295 g/mol. The maximum Gasteiger partial charge on any atom is 0.304 e. The predicted molar refractivity (Wildman–Crippen MR) is 83.0 cm³/mol. The largest absolute Gasteiger partial charge is 0.481 e. The molecule has 0 atom stereocenters. The van der Waals surface area contributed by atoms with Crippen LogP contribution in [0, 0.1) is 0 Å². The summed E-state index contributed by atoms with van der Waals surface area (Å²) >= 11 is 1.58. The second-order valence-corrected chi connectivity index (χ2v) is 5.65. The van der Waals surface area contributed by atoms with Crippen molar-refractivity contribution in [1.29, 1.82) is 0 Å². The Balaban J connectivity index is 2.40. The number of carbonyl (C=O) groups is 2. The van der Waals surface area contributed by atoms with Crippen LogP contribution in [-0.2, 0) is 15.3 Å². The van der Waals surface area contributed by atoms with Gasteiger partial charge in [0.15, 0.2) is 0 Å². The molecule has 2 N–H and O–H groups in total. The molecular formula is C15H21NO3S. The summed E-state index contributed by atoms with van der Waals surface area (Å²) in [5.41, 5.74) is 1.90. The summed E-state index contributed by atoms with van der Waals surface area (Å²) in [5.74, 6) is 0.630. The molecule has 0 fully saturated rings. The van der Waals surface area contributed by atoms with Gasteiger partial charge in [-0.3, -0.25) is 9.59 Å². The van der Waals surface area contributed by atoms with Gasteiger partial charge in [0.1, 0.15) is 0 Å². The Bertz CT molecular complexity index is 448. The minimum absolute atomic E-state index is 0.0440. The molecule has 0 spiro atoms. The van der Waals surface area contributed by atoms with Crippen LogP contribution in [0.3, 0.4) is 0 Å². The van der Waals surface area contributed by atoms with Crippen LogP contribution in [-0.4, -0.2) is 22.7 Å². The van der Waals surface area contributed by atoms with Crippen LogP contribution in [0.4, 0.5) is 5.69 Å². The van der Waals surface area contributed by atoms with Crippen molar-refractivity contribution in [3.63, 3.8) is 0 Å². The summed E-state index contributed by atoms with van der Waals surface area (Å²) in [4.78, 5) is 22.0. The highest BCUT2D eigenvalue weighted by atomic mass is 32.2. The van der Waals surface area contributed by atoms with Crippen molar-refractivity contribution in [3.05, 3.63) is 29.8 Å². The van der Waals surface area contributed by atoms with Gasteiger partial charge in [-0.2, -0.15) is 11.8 Å². The molecular weight excluding hydrogens is 274 g/mol. The summed E-state index contributed by atoms with van der Waals surface area (Å²) in [5, 5.41) is 11.4. The molecule has 0 heterocycles. The smallest absolute Gasteiger partial charge is 0.304 e. The van der Waals surface area contributed by atoms with E-state index < -0.39 is 5.97 Å². The van der Waals surface area contributed by atoms with Gasteiger partial charge in [0.2, 0.25) is 5.91 Å². The summed E-state index contributed by atoms with van der Waals surface area (Å²) < 4.78 is 0. The van der Waals surface area contributed by atoms with Gasteiger partial charge in [0, 0.05) is 23.6 Å². The lowest BCUT2D eigenvalue weighted by atomic mass is 10.2. The Morgan fingerprint density at radius 2 is 2.10 bits per heavy atom. The zero-order valence-corrected chi connectivity index (χ0v) is 12.5. The Kier molecular flexibility index (Phi) is 7.80.